The molecule has 0 aliphatic rings. The molecule has 0 fully saturated rings. The molecule has 1 aromatic heterocycles. The molecule has 0 saturated heterocycles. The highest BCUT2D eigenvalue weighted by molar-refractivity contribution is 5.37. The van der Waals surface area contributed by atoms with Crippen LogP contribution in [0.25, 0.3) is 0 Å². The summed E-state index contributed by atoms with van der Waals surface area (Å²) >= 11 is 0. The summed E-state index contributed by atoms with van der Waals surface area (Å²) in [5.41, 5.74) is 6.20. The first-order chi connectivity index (χ1) is 5.20. The van der Waals surface area contributed by atoms with E-state index in [1.807, 2.05) is 14.1 Å². The second kappa shape index (κ2) is 3.39. The highest BCUT2D eigenvalue weighted by Crippen LogP contribution is 2.09. The molecule has 0 radical (unpaired) electrons. The molecule has 62 valence electrons. The molecule has 1 aromatic rings. The standard InChI is InChI=1S/C7H13N3O/c1-10(2)4-3-7-6(8)5-9-11-7/h5H,3-4,8H2,1-2H3. The maximum atomic E-state index is 5.55. The van der Waals surface area contributed by atoms with E-state index >= 15 is 0 Å². The number of aromatic nitrogens is 1. The monoisotopic (exact) mass is 155 g/mol. The number of nitrogens with two attached hydrogens (primary N) is 1. The van der Waals surface area contributed by atoms with Crippen molar-refractivity contribution in [3.63, 3.8) is 0 Å². The van der Waals surface area contributed by atoms with E-state index in [0.29, 0.717) is 5.69 Å². The molecule has 11 heavy (non-hydrogen) atoms. The fourth-order valence-corrected chi connectivity index (χ4v) is 0.787. The van der Waals surface area contributed by atoms with Gasteiger partial charge in [-0.15, -0.1) is 0 Å². The lowest BCUT2D eigenvalue weighted by Gasteiger charge is -2.06. The molecule has 4 nitrogen and oxygen atoms in total. The lowest BCUT2D eigenvalue weighted by molar-refractivity contribution is 0.350. The largest absolute Gasteiger partial charge is 0.395 e. The minimum absolute atomic E-state index is 0.645. The van der Waals surface area contributed by atoms with Crippen molar-refractivity contribution < 1.29 is 4.52 Å². The van der Waals surface area contributed by atoms with Gasteiger partial charge in [0.05, 0.1) is 11.9 Å². The minimum Gasteiger partial charge on any atom is -0.395 e. The van der Waals surface area contributed by atoms with E-state index in [-0.39, 0.29) is 0 Å². The predicted molar refractivity (Wildman–Crippen MR) is 43.2 cm³/mol. The van der Waals surface area contributed by atoms with Crippen molar-refractivity contribution in [2.75, 3.05) is 26.4 Å². The Balaban J connectivity index is 2.44. The smallest absolute Gasteiger partial charge is 0.160 e. The van der Waals surface area contributed by atoms with Gasteiger partial charge in [0.1, 0.15) is 0 Å². The van der Waals surface area contributed by atoms with Crippen molar-refractivity contribution in [1.82, 2.24) is 10.1 Å². The fourth-order valence-electron chi connectivity index (χ4n) is 0.787. The van der Waals surface area contributed by atoms with E-state index in [9.17, 15) is 0 Å². The van der Waals surface area contributed by atoms with Crippen LogP contribution in [-0.4, -0.2) is 30.7 Å². The first kappa shape index (κ1) is 8.07. The third-order valence-corrected chi connectivity index (χ3v) is 1.46. The third-order valence-electron chi connectivity index (χ3n) is 1.46. The van der Waals surface area contributed by atoms with Gasteiger partial charge < -0.3 is 15.2 Å². The van der Waals surface area contributed by atoms with Crippen molar-refractivity contribution in [3.8, 4) is 0 Å². The lowest BCUT2D eigenvalue weighted by Crippen LogP contribution is -2.15. The Labute approximate surface area is 66.0 Å². The third kappa shape index (κ3) is 2.23. The number of anilines is 1. The van der Waals surface area contributed by atoms with E-state index in [2.05, 4.69) is 10.1 Å². The van der Waals surface area contributed by atoms with E-state index in [1.54, 1.807) is 0 Å². The van der Waals surface area contributed by atoms with E-state index in [1.165, 1.54) is 6.20 Å². The van der Waals surface area contributed by atoms with Gasteiger partial charge in [0.15, 0.2) is 5.76 Å². The molecule has 2 N–H and O–H groups in total. The van der Waals surface area contributed by atoms with Crippen LogP contribution in [-0.2, 0) is 6.42 Å². The Morgan fingerprint density at radius 1 is 1.64 bits per heavy atom. The molecule has 0 aromatic carbocycles. The van der Waals surface area contributed by atoms with Gasteiger partial charge in [-0.1, -0.05) is 5.16 Å². The van der Waals surface area contributed by atoms with Crippen LogP contribution in [0.3, 0.4) is 0 Å². The lowest BCUT2D eigenvalue weighted by atomic mass is 10.3. The Hall–Kier alpha value is -1.03. The molecule has 0 unspecified atom stereocenters. The van der Waals surface area contributed by atoms with Crippen molar-refractivity contribution >= 4 is 5.69 Å². The second-order valence-corrected chi connectivity index (χ2v) is 2.76. The highest BCUT2D eigenvalue weighted by atomic mass is 16.5. The molecular formula is C7H13N3O. The van der Waals surface area contributed by atoms with Crippen LogP contribution in [0.4, 0.5) is 5.69 Å². The zero-order chi connectivity index (χ0) is 8.27. The zero-order valence-corrected chi connectivity index (χ0v) is 6.87. The van der Waals surface area contributed by atoms with Crippen LogP contribution in [0.15, 0.2) is 10.7 Å². The number of nitrogen functional groups attached to an aromatic ring is 1. The average Bonchev–Trinajstić information content (AvgIpc) is 2.31. The summed E-state index contributed by atoms with van der Waals surface area (Å²) in [4.78, 5) is 2.07. The van der Waals surface area contributed by atoms with Gasteiger partial charge in [0.2, 0.25) is 0 Å². The van der Waals surface area contributed by atoms with Gasteiger partial charge in [-0.25, -0.2) is 0 Å². The van der Waals surface area contributed by atoms with Crippen LogP contribution < -0.4 is 5.73 Å². The number of likely N-dealkylation sites (N-methyl/N-ethyl adjacent to an activating group) is 1. The molecular weight excluding hydrogens is 142 g/mol. The van der Waals surface area contributed by atoms with Crippen molar-refractivity contribution in [2.45, 2.75) is 6.42 Å². The van der Waals surface area contributed by atoms with Gasteiger partial charge in [0.25, 0.3) is 0 Å². The molecule has 0 bridgehead atoms. The first-order valence-electron chi connectivity index (χ1n) is 3.54. The maximum Gasteiger partial charge on any atom is 0.160 e. The SMILES string of the molecule is CN(C)CCc1oncc1N. The minimum atomic E-state index is 0.645. The summed E-state index contributed by atoms with van der Waals surface area (Å²) in [5, 5.41) is 3.58. The maximum absolute atomic E-state index is 5.55. The molecule has 0 spiro atoms. The number of rotatable bonds is 3. The molecule has 0 atom stereocenters. The summed E-state index contributed by atoms with van der Waals surface area (Å²) in [6.45, 7) is 0.930. The quantitative estimate of drug-likeness (QED) is 0.684. The fraction of sp³-hybridized carbons (Fsp3) is 0.571. The van der Waals surface area contributed by atoms with Crippen LogP contribution in [0.2, 0.25) is 0 Å². The van der Waals surface area contributed by atoms with Crippen LogP contribution in [0.1, 0.15) is 5.76 Å². The summed E-state index contributed by atoms with van der Waals surface area (Å²) in [6.07, 6.45) is 2.35. The van der Waals surface area contributed by atoms with Crippen molar-refractivity contribution in [3.05, 3.63) is 12.0 Å². The molecule has 1 heterocycles. The molecule has 0 saturated carbocycles. The molecule has 0 amide bonds. The molecule has 0 aliphatic heterocycles. The van der Waals surface area contributed by atoms with Crippen LogP contribution in [0.5, 0.6) is 0 Å². The molecule has 4 heteroatoms. The van der Waals surface area contributed by atoms with Crippen LogP contribution in [0, 0.1) is 0 Å². The van der Waals surface area contributed by atoms with E-state index in [0.717, 1.165) is 18.7 Å². The van der Waals surface area contributed by atoms with Gasteiger partial charge in [-0.3, -0.25) is 0 Å². The normalized spacial score (nSPS) is 10.8. The van der Waals surface area contributed by atoms with Gasteiger partial charge in [0, 0.05) is 13.0 Å². The zero-order valence-electron chi connectivity index (χ0n) is 6.87. The molecule has 1 rings (SSSR count). The second-order valence-electron chi connectivity index (χ2n) is 2.76. The Morgan fingerprint density at radius 3 is 2.82 bits per heavy atom. The topological polar surface area (TPSA) is 55.3 Å². The summed E-state index contributed by atoms with van der Waals surface area (Å²) in [5.74, 6) is 0.777. The summed E-state index contributed by atoms with van der Waals surface area (Å²) < 4.78 is 4.91. The molecule has 0 aliphatic carbocycles. The number of hydrogen-bond acceptors (Lipinski definition) is 4. The van der Waals surface area contributed by atoms with E-state index in [4.69, 9.17) is 10.3 Å². The van der Waals surface area contributed by atoms with Crippen LogP contribution >= 0.6 is 0 Å². The predicted octanol–water partition coefficient (Wildman–Crippen LogP) is 0.361. The summed E-state index contributed by atoms with van der Waals surface area (Å²) in [7, 11) is 4.01. The number of hydrogen-bond donors (Lipinski definition) is 1. The highest BCUT2D eigenvalue weighted by Gasteiger charge is 2.03. The first-order valence-corrected chi connectivity index (χ1v) is 3.54. The van der Waals surface area contributed by atoms with E-state index < -0.39 is 0 Å². The Kier molecular flexibility index (Phi) is 2.48. The van der Waals surface area contributed by atoms with Gasteiger partial charge in [-0.05, 0) is 14.1 Å². The average molecular weight is 155 g/mol. The van der Waals surface area contributed by atoms with Gasteiger partial charge >= 0.3 is 0 Å². The Morgan fingerprint density at radius 2 is 2.36 bits per heavy atom. The van der Waals surface area contributed by atoms with Gasteiger partial charge in [-0.2, -0.15) is 0 Å². The van der Waals surface area contributed by atoms with Crippen molar-refractivity contribution in [1.29, 1.82) is 0 Å². The summed E-state index contributed by atoms with van der Waals surface area (Å²) in [6, 6.07) is 0. The number of nitrogens with zero attached hydrogens (tertiary/aromatic N) is 2. The van der Waals surface area contributed by atoms with Crippen molar-refractivity contribution in [2.24, 2.45) is 0 Å². The Bertz CT molecular complexity index is 219.